The summed E-state index contributed by atoms with van der Waals surface area (Å²) in [6.07, 6.45) is 7.42. The lowest BCUT2D eigenvalue weighted by Gasteiger charge is -2.27. The number of hydrogen-bond donors (Lipinski definition) is 1. The van der Waals surface area contributed by atoms with Gasteiger partial charge in [0, 0.05) is 29.8 Å². The molecule has 1 aromatic heterocycles. The molecule has 1 N–H and O–H groups in total. The Labute approximate surface area is 135 Å². The van der Waals surface area contributed by atoms with Crippen molar-refractivity contribution in [3.05, 3.63) is 53.3 Å². The second kappa shape index (κ2) is 6.95. The predicted octanol–water partition coefficient (Wildman–Crippen LogP) is 4.26. The van der Waals surface area contributed by atoms with Crippen molar-refractivity contribution in [3.8, 4) is 17.2 Å². The molecule has 0 saturated carbocycles. The van der Waals surface area contributed by atoms with Crippen LogP contribution < -0.4 is 4.72 Å². The van der Waals surface area contributed by atoms with Gasteiger partial charge < -0.3 is 0 Å². The molecule has 0 saturated heterocycles. The van der Waals surface area contributed by atoms with Gasteiger partial charge in [-0.3, -0.25) is 9.71 Å². The summed E-state index contributed by atoms with van der Waals surface area (Å²) in [5.41, 5.74) is 5.77. The van der Waals surface area contributed by atoms with E-state index in [1.807, 2.05) is 36.7 Å². The van der Waals surface area contributed by atoms with E-state index in [4.69, 9.17) is 5.26 Å². The van der Waals surface area contributed by atoms with Gasteiger partial charge in [0.1, 0.15) is 0 Å². The van der Waals surface area contributed by atoms with Crippen molar-refractivity contribution >= 4 is 11.9 Å². The Balaban J connectivity index is 1.98. The summed E-state index contributed by atoms with van der Waals surface area (Å²) in [6, 6.07) is 10.4. The Kier molecular flexibility index (Phi) is 4.77. The second-order valence-electron chi connectivity index (χ2n) is 5.44. The second-order valence-corrected chi connectivity index (χ2v) is 6.54. The molecule has 1 aliphatic rings. The molecule has 1 aromatic carbocycles. The zero-order chi connectivity index (χ0) is 15.4. The number of nitriles is 1. The minimum Gasteiger partial charge on any atom is -0.264 e. The average Bonchev–Trinajstić information content (AvgIpc) is 2.59. The highest BCUT2D eigenvalue weighted by Crippen LogP contribution is 2.36. The van der Waals surface area contributed by atoms with Crippen molar-refractivity contribution in [1.82, 2.24) is 9.71 Å². The van der Waals surface area contributed by atoms with Crippen LogP contribution in [0.2, 0.25) is 0 Å². The fourth-order valence-electron chi connectivity index (χ4n) is 3.00. The van der Waals surface area contributed by atoms with Crippen LogP contribution in [-0.4, -0.2) is 10.7 Å². The topological polar surface area (TPSA) is 48.7 Å². The SMILES string of the molecule is CCSNC1CCCc2c(-c3ccc(C#N)cc3)cncc21. The van der Waals surface area contributed by atoms with Gasteiger partial charge in [-0.1, -0.05) is 31.0 Å². The first-order valence-electron chi connectivity index (χ1n) is 7.68. The van der Waals surface area contributed by atoms with E-state index in [0.29, 0.717) is 11.6 Å². The lowest BCUT2D eigenvalue weighted by atomic mass is 9.85. The molecule has 3 nitrogen and oxygen atoms in total. The molecule has 1 atom stereocenters. The van der Waals surface area contributed by atoms with E-state index in [1.54, 1.807) is 11.9 Å². The molecule has 1 unspecified atom stereocenters. The lowest BCUT2D eigenvalue weighted by molar-refractivity contribution is 0.541. The van der Waals surface area contributed by atoms with Crippen LogP contribution in [0.3, 0.4) is 0 Å². The number of nitrogens with one attached hydrogen (secondary N) is 1. The largest absolute Gasteiger partial charge is 0.264 e. The van der Waals surface area contributed by atoms with Gasteiger partial charge in [-0.2, -0.15) is 5.26 Å². The van der Waals surface area contributed by atoms with Crippen molar-refractivity contribution < 1.29 is 0 Å². The molecule has 0 spiro atoms. The van der Waals surface area contributed by atoms with E-state index >= 15 is 0 Å². The molecule has 0 aliphatic heterocycles. The van der Waals surface area contributed by atoms with Crippen LogP contribution in [0.5, 0.6) is 0 Å². The van der Waals surface area contributed by atoms with E-state index in [1.165, 1.54) is 29.5 Å². The first kappa shape index (κ1) is 15.1. The zero-order valence-corrected chi connectivity index (χ0v) is 13.5. The summed E-state index contributed by atoms with van der Waals surface area (Å²) in [5.74, 6) is 1.06. The fourth-order valence-corrected chi connectivity index (χ4v) is 3.61. The van der Waals surface area contributed by atoms with E-state index in [2.05, 4.69) is 22.7 Å². The standard InChI is InChI=1S/C18H19N3S/c1-2-22-21-18-5-3-4-15-16(11-20-12-17(15)18)14-8-6-13(10-19)7-9-14/h6-9,11-12,18,21H,2-5H2,1H3. The van der Waals surface area contributed by atoms with Gasteiger partial charge in [-0.05, 0) is 48.1 Å². The number of aromatic nitrogens is 1. The summed E-state index contributed by atoms with van der Waals surface area (Å²) >= 11 is 1.77. The number of nitrogens with zero attached hydrogens (tertiary/aromatic N) is 2. The summed E-state index contributed by atoms with van der Waals surface area (Å²) in [5, 5.41) is 8.94. The highest BCUT2D eigenvalue weighted by Gasteiger charge is 2.22. The molecule has 112 valence electrons. The van der Waals surface area contributed by atoms with Crippen LogP contribution in [0.15, 0.2) is 36.7 Å². The minimum atomic E-state index is 0.388. The molecule has 2 aromatic rings. The zero-order valence-electron chi connectivity index (χ0n) is 12.7. The Hall–Kier alpha value is -1.83. The van der Waals surface area contributed by atoms with E-state index in [-0.39, 0.29) is 0 Å². The number of rotatable bonds is 4. The Bertz CT molecular complexity index is 688. The Morgan fingerprint density at radius 1 is 1.32 bits per heavy atom. The number of benzene rings is 1. The smallest absolute Gasteiger partial charge is 0.0991 e. The molecule has 3 rings (SSSR count). The van der Waals surface area contributed by atoms with Crippen LogP contribution >= 0.6 is 11.9 Å². The van der Waals surface area contributed by atoms with Gasteiger partial charge in [0.25, 0.3) is 0 Å². The third-order valence-corrected chi connectivity index (χ3v) is 4.82. The van der Waals surface area contributed by atoms with E-state index in [9.17, 15) is 0 Å². The van der Waals surface area contributed by atoms with E-state index < -0.39 is 0 Å². The average molecular weight is 309 g/mol. The Morgan fingerprint density at radius 2 is 2.14 bits per heavy atom. The first-order chi connectivity index (χ1) is 10.8. The molecular weight excluding hydrogens is 290 g/mol. The van der Waals surface area contributed by atoms with Crippen LogP contribution in [0.25, 0.3) is 11.1 Å². The van der Waals surface area contributed by atoms with Crippen molar-refractivity contribution in [2.75, 3.05) is 5.75 Å². The van der Waals surface area contributed by atoms with Crippen LogP contribution in [0.4, 0.5) is 0 Å². The summed E-state index contributed by atoms with van der Waals surface area (Å²) in [4.78, 5) is 4.46. The maximum atomic E-state index is 8.94. The molecule has 4 heteroatoms. The highest BCUT2D eigenvalue weighted by molar-refractivity contribution is 7.97. The summed E-state index contributed by atoms with van der Waals surface area (Å²) in [6.45, 7) is 2.16. The Morgan fingerprint density at radius 3 is 2.86 bits per heavy atom. The maximum absolute atomic E-state index is 8.94. The van der Waals surface area contributed by atoms with Gasteiger partial charge in [0.05, 0.1) is 11.6 Å². The number of fused-ring (bicyclic) bond motifs is 1. The van der Waals surface area contributed by atoms with Gasteiger partial charge in [0.2, 0.25) is 0 Å². The first-order valence-corrected chi connectivity index (χ1v) is 8.66. The van der Waals surface area contributed by atoms with Gasteiger partial charge >= 0.3 is 0 Å². The lowest BCUT2D eigenvalue weighted by Crippen LogP contribution is -2.21. The summed E-state index contributed by atoms with van der Waals surface area (Å²) < 4.78 is 3.56. The molecule has 1 aliphatic carbocycles. The molecule has 0 fully saturated rings. The monoisotopic (exact) mass is 309 g/mol. The minimum absolute atomic E-state index is 0.388. The molecule has 0 amide bonds. The third kappa shape index (κ3) is 3.01. The van der Waals surface area contributed by atoms with Crippen LogP contribution in [-0.2, 0) is 6.42 Å². The van der Waals surface area contributed by atoms with Crippen molar-refractivity contribution in [2.45, 2.75) is 32.2 Å². The highest BCUT2D eigenvalue weighted by atomic mass is 32.2. The quantitative estimate of drug-likeness (QED) is 0.858. The van der Waals surface area contributed by atoms with E-state index in [0.717, 1.165) is 17.7 Å². The van der Waals surface area contributed by atoms with Crippen molar-refractivity contribution in [3.63, 3.8) is 0 Å². The molecule has 1 heterocycles. The normalized spacial score (nSPS) is 16.8. The third-order valence-electron chi connectivity index (χ3n) is 4.08. The molecule has 0 bridgehead atoms. The summed E-state index contributed by atoms with van der Waals surface area (Å²) in [7, 11) is 0. The van der Waals surface area contributed by atoms with Gasteiger partial charge in [-0.25, -0.2) is 0 Å². The molecular formula is C18H19N3S. The van der Waals surface area contributed by atoms with Gasteiger partial charge in [0.15, 0.2) is 0 Å². The van der Waals surface area contributed by atoms with Crippen LogP contribution in [0, 0.1) is 11.3 Å². The predicted molar refractivity (Wildman–Crippen MR) is 91.3 cm³/mol. The van der Waals surface area contributed by atoms with Crippen molar-refractivity contribution in [2.24, 2.45) is 0 Å². The number of pyridine rings is 1. The number of hydrogen-bond acceptors (Lipinski definition) is 4. The molecule has 22 heavy (non-hydrogen) atoms. The maximum Gasteiger partial charge on any atom is 0.0991 e. The van der Waals surface area contributed by atoms with Gasteiger partial charge in [-0.15, -0.1) is 0 Å². The van der Waals surface area contributed by atoms with Crippen LogP contribution in [0.1, 0.15) is 42.5 Å². The van der Waals surface area contributed by atoms with Crippen molar-refractivity contribution in [1.29, 1.82) is 5.26 Å². The fraction of sp³-hybridized carbons (Fsp3) is 0.333. The molecule has 0 radical (unpaired) electrons.